The molecular formula is C11H16O3. The van der Waals surface area contributed by atoms with Gasteiger partial charge in [-0.15, -0.1) is 13.2 Å². The van der Waals surface area contributed by atoms with Crippen LogP contribution in [-0.2, 0) is 9.47 Å². The Morgan fingerprint density at radius 3 is 2.71 bits per heavy atom. The van der Waals surface area contributed by atoms with Crippen LogP contribution < -0.4 is 0 Å². The van der Waals surface area contributed by atoms with Crippen molar-refractivity contribution < 1.29 is 14.6 Å². The maximum absolute atomic E-state index is 9.51. The number of aliphatic hydroxyl groups is 1. The molecule has 3 nitrogen and oxygen atoms in total. The smallest absolute Gasteiger partial charge is 0.155 e. The van der Waals surface area contributed by atoms with Crippen LogP contribution >= 0.6 is 0 Å². The van der Waals surface area contributed by atoms with Gasteiger partial charge in [0.2, 0.25) is 0 Å². The van der Waals surface area contributed by atoms with Crippen molar-refractivity contribution in [1.29, 1.82) is 0 Å². The van der Waals surface area contributed by atoms with Gasteiger partial charge < -0.3 is 14.6 Å². The van der Waals surface area contributed by atoms with Crippen molar-refractivity contribution in [2.24, 2.45) is 11.8 Å². The lowest BCUT2D eigenvalue weighted by molar-refractivity contribution is -0.196. The van der Waals surface area contributed by atoms with Gasteiger partial charge in [-0.2, -0.15) is 0 Å². The molecule has 0 spiro atoms. The molecule has 0 aromatic rings. The summed E-state index contributed by atoms with van der Waals surface area (Å²) in [5, 5.41) is 9.51. The molecule has 0 aliphatic carbocycles. The number of ether oxygens (including phenoxy) is 2. The van der Waals surface area contributed by atoms with Crippen LogP contribution in [0.2, 0.25) is 0 Å². The van der Waals surface area contributed by atoms with Crippen LogP contribution in [0, 0.1) is 11.8 Å². The molecule has 0 aromatic carbocycles. The highest BCUT2D eigenvalue weighted by molar-refractivity contribution is 5.02. The van der Waals surface area contributed by atoms with Crippen LogP contribution in [0.4, 0.5) is 0 Å². The molecule has 3 heteroatoms. The number of fused-ring (bicyclic) bond motifs is 1. The van der Waals surface area contributed by atoms with Crippen molar-refractivity contribution in [2.75, 3.05) is 6.61 Å². The first-order chi connectivity index (χ1) is 6.76. The van der Waals surface area contributed by atoms with E-state index in [9.17, 15) is 5.11 Å². The van der Waals surface area contributed by atoms with Crippen molar-refractivity contribution in [3.05, 3.63) is 25.3 Å². The minimum absolute atomic E-state index is 0.0406. The van der Waals surface area contributed by atoms with Gasteiger partial charge in [-0.3, -0.25) is 0 Å². The van der Waals surface area contributed by atoms with Crippen molar-refractivity contribution in [3.63, 3.8) is 0 Å². The Kier molecular flexibility index (Phi) is 2.72. The molecule has 2 heterocycles. The Hall–Kier alpha value is -0.640. The monoisotopic (exact) mass is 196 g/mol. The summed E-state index contributed by atoms with van der Waals surface area (Å²) in [6, 6.07) is 0. The Morgan fingerprint density at radius 1 is 1.29 bits per heavy atom. The zero-order valence-electron chi connectivity index (χ0n) is 8.13. The predicted octanol–water partition coefficient (Wildman–Crippen LogP) is 1.10. The second kappa shape index (κ2) is 3.85. The van der Waals surface area contributed by atoms with E-state index in [1.807, 2.05) is 6.08 Å². The molecule has 1 unspecified atom stereocenters. The van der Waals surface area contributed by atoms with Gasteiger partial charge in [0.15, 0.2) is 6.29 Å². The third-order valence-corrected chi connectivity index (χ3v) is 3.10. The molecule has 1 N–H and O–H groups in total. The number of rotatable bonds is 2. The minimum atomic E-state index is -0.691. The Balaban J connectivity index is 2.14. The summed E-state index contributed by atoms with van der Waals surface area (Å²) in [6.07, 6.45) is 3.40. The fraction of sp³-hybridized carbons (Fsp3) is 0.636. The predicted molar refractivity (Wildman–Crippen MR) is 52.6 cm³/mol. The van der Waals surface area contributed by atoms with Crippen LogP contribution in [0.3, 0.4) is 0 Å². The van der Waals surface area contributed by atoms with Crippen LogP contribution in [0.1, 0.15) is 6.42 Å². The molecule has 5 atom stereocenters. The van der Waals surface area contributed by atoms with Crippen molar-refractivity contribution in [2.45, 2.75) is 24.9 Å². The minimum Gasteiger partial charge on any atom is -0.374 e. The molecule has 2 aliphatic rings. The summed E-state index contributed by atoms with van der Waals surface area (Å²) in [4.78, 5) is 0. The molecule has 2 aliphatic heterocycles. The number of hydrogen-bond donors (Lipinski definition) is 1. The molecule has 14 heavy (non-hydrogen) atoms. The zero-order valence-corrected chi connectivity index (χ0v) is 8.13. The first-order valence-corrected chi connectivity index (χ1v) is 4.96. The molecule has 2 fully saturated rings. The SMILES string of the molecule is C=C[C@@H]1CO[C@H]2[C@@H]1CC(O)O[C@@H]2C=C. The Bertz CT molecular complexity index is 239. The third-order valence-electron chi connectivity index (χ3n) is 3.10. The average molecular weight is 196 g/mol. The van der Waals surface area contributed by atoms with Crippen LogP contribution in [0.5, 0.6) is 0 Å². The van der Waals surface area contributed by atoms with Gasteiger partial charge in [-0.25, -0.2) is 0 Å². The molecule has 0 saturated carbocycles. The van der Waals surface area contributed by atoms with E-state index in [0.717, 1.165) is 0 Å². The highest BCUT2D eigenvalue weighted by Gasteiger charge is 2.44. The quantitative estimate of drug-likeness (QED) is 0.672. The van der Waals surface area contributed by atoms with Crippen molar-refractivity contribution in [3.8, 4) is 0 Å². The van der Waals surface area contributed by atoms with E-state index in [4.69, 9.17) is 9.47 Å². The topological polar surface area (TPSA) is 38.7 Å². The molecule has 2 saturated heterocycles. The van der Waals surface area contributed by atoms with E-state index in [2.05, 4.69) is 13.2 Å². The van der Waals surface area contributed by atoms with Gasteiger partial charge in [0.05, 0.1) is 12.7 Å². The largest absolute Gasteiger partial charge is 0.374 e. The van der Waals surface area contributed by atoms with E-state index in [1.165, 1.54) is 0 Å². The summed E-state index contributed by atoms with van der Waals surface area (Å²) in [5.41, 5.74) is 0. The first kappa shape index (κ1) is 9.90. The normalized spacial score (nSPS) is 47.1. The highest BCUT2D eigenvalue weighted by atomic mass is 16.6. The van der Waals surface area contributed by atoms with Gasteiger partial charge in [-0.1, -0.05) is 12.2 Å². The van der Waals surface area contributed by atoms with Crippen LogP contribution in [0.15, 0.2) is 25.3 Å². The lowest BCUT2D eigenvalue weighted by Crippen LogP contribution is -2.43. The second-order valence-corrected chi connectivity index (χ2v) is 3.89. The highest BCUT2D eigenvalue weighted by Crippen LogP contribution is 2.38. The molecule has 0 radical (unpaired) electrons. The van der Waals surface area contributed by atoms with Gasteiger partial charge in [0.1, 0.15) is 6.10 Å². The lowest BCUT2D eigenvalue weighted by Gasteiger charge is -2.35. The van der Waals surface area contributed by atoms with Crippen molar-refractivity contribution in [1.82, 2.24) is 0 Å². The molecule has 0 amide bonds. The summed E-state index contributed by atoms with van der Waals surface area (Å²) >= 11 is 0. The van der Waals surface area contributed by atoms with E-state index in [0.29, 0.717) is 24.9 Å². The van der Waals surface area contributed by atoms with Gasteiger partial charge >= 0.3 is 0 Å². The zero-order chi connectivity index (χ0) is 10.1. The second-order valence-electron chi connectivity index (χ2n) is 3.89. The molecule has 78 valence electrons. The van der Waals surface area contributed by atoms with Gasteiger partial charge in [0.25, 0.3) is 0 Å². The molecular weight excluding hydrogens is 180 g/mol. The fourth-order valence-electron chi connectivity index (χ4n) is 2.34. The lowest BCUT2D eigenvalue weighted by atomic mass is 9.84. The maximum atomic E-state index is 9.51. The van der Waals surface area contributed by atoms with Gasteiger partial charge in [-0.05, 0) is 0 Å². The van der Waals surface area contributed by atoms with E-state index in [-0.39, 0.29) is 12.2 Å². The summed E-state index contributed by atoms with van der Waals surface area (Å²) < 4.78 is 11.0. The van der Waals surface area contributed by atoms with Crippen LogP contribution in [-0.4, -0.2) is 30.2 Å². The van der Waals surface area contributed by atoms with E-state index in [1.54, 1.807) is 6.08 Å². The average Bonchev–Trinajstić information content (AvgIpc) is 2.59. The van der Waals surface area contributed by atoms with E-state index < -0.39 is 6.29 Å². The molecule has 0 bridgehead atoms. The van der Waals surface area contributed by atoms with E-state index >= 15 is 0 Å². The summed E-state index contributed by atoms with van der Waals surface area (Å²) in [5.74, 6) is 0.653. The standard InChI is InChI=1S/C11H16O3/c1-3-7-6-13-11-8(7)5-10(12)14-9(11)4-2/h3-4,7-12H,1-2,5-6H2/t7-,8-,9-,10?,11+/m1/s1. The van der Waals surface area contributed by atoms with Gasteiger partial charge in [0, 0.05) is 18.3 Å². The Labute approximate surface area is 84.0 Å². The third kappa shape index (κ3) is 1.52. The molecule has 2 rings (SSSR count). The molecule has 0 aromatic heterocycles. The van der Waals surface area contributed by atoms with Crippen molar-refractivity contribution >= 4 is 0 Å². The Morgan fingerprint density at radius 2 is 2.07 bits per heavy atom. The van der Waals surface area contributed by atoms with Crippen LogP contribution in [0.25, 0.3) is 0 Å². The summed E-state index contributed by atoms with van der Waals surface area (Å²) in [6.45, 7) is 8.15. The fourth-order valence-corrected chi connectivity index (χ4v) is 2.34. The maximum Gasteiger partial charge on any atom is 0.155 e. The summed E-state index contributed by atoms with van der Waals surface area (Å²) in [7, 11) is 0. The number of aliphatic hydroxyl groups excluding tert-OH is 1. The number of hydrogen-bond acceptors (Lipinski definition) is 3. The first-order valence-electron chi connectivity index (χ1n) is 4.96.